The second-order valence-corrected chi connectivity index (χ2v) is 4.46. The fraction of sp³-hybridized carbons (Fsp3) is 0.700. The highest BCUT2D eigenvalue weighted by molar-refractivity contribution is 7.98. The molecule has 1 aromatic heterocycles. The van der Waals surface area contributed by atoms with Crippen molar-refractivity contribution in [3.8, 4) is 0 Å². The van der Waals surface area contributed by atoms with E-state index in [4.69, 9.17) is 0 Å². The summed E-state index contributed by atoms with van der Waals surface area (Å²) < 4.78 is 1.87. The number of guanidine groups is 1. The third-order valence-electron chi connectivity index (χ3n) is 2.13. The summed E-state index contributed by atoms with van der Waals surface area (Å²) in [6, 6.07) is 0. The summed E-state index contributed by atoms with van der Waals surface area (Å²) in [5.74, 6) is 2.74. The topological polar surface area (TPSA) is 67.1 Å². The van der Waals surface area contributed by atoms with Gasteiger partial charge in [-0.15, -0.1) is 10.2 Å². The van der Waals surface area contributed by atoms with Gasteiger partial charge in [0.1, 0.15) is 12.9 Å². The number of thioether (sulfide) groups is 1. The molecule has 0 aliphatic heterocycles. The second-order valence-electron chi connectivity index (χ2n) is 3.47. The maximum atomic E-state index is 4.45. The lowest BCUT2D eigenvalue weighted by molar-refractivity contribution is 0.774. The minimum absolute atomic E-state index is 0.533. The fourth-order valence-electron chi connectivity index (χ4n) is 1.21. The van der Waals surface area contributed by atoms with Crippen LogP contribution in [-0.4, -0.2) is 45.8 Å². The quantitative estimate of drug-likeness (QED) is 0.433. The first-order chi connectivity index (χ1) is 8.27. The van der Waals surface area contributed by atoms with Gasteiger partial charge in [-0.05, 0) is 13.2 Å². The Morgan fingerprint density at radius 3 is 2.94 bits per heavy atom. The van der Waals surface area contributed by atoms with E-state index in [1.807, 2.05) is 30.3 Å². The molecule has 96 valence electrons. The second kappa shape index (κ2) is 7.94. The van der Waals surface area contributed by atoms with Gasteiger partial charge in [-0.1, -0.05) is 0 Å². The zero-order valence-electron chi connectivity index (χ0n) is 10.6. The molecule has 6 nitrogen and oxygen atoms in total. The van der Waals surface area contributed by atoms with Gasteiger partial charge < -0.3 is 15.2 Å². The highest BCUT2D eigenvalue weighted by atomic mass is 32.2. The summed E-state index contributed by atoms with van der Waals surface area (Å²) in [5.41, 5.74) is 0. The van der Waals surface area contributed by atoms with Crippen molar-refractivity contribution in [3.63, 3.8) is 0 Å². The molecule has 0 unspecified atom stereocenters. The van der Waals surface area contributed by atoms with E-state index in [0.29, 0.717) is 6.54 Å². The molecule has 0 saturated heterocycles. The molecule has 0 aliphatic rings. The van der Waals surface area contributed by atoms with Crippen LogP contribution in [0.5, 0.6) is 0 Å². The SMILES string of the molecule is CCNC(=NCc1nncn1C)NCCSC. The van der Waals surface area contributed by atoms with E-state index in [0.717, 1.165) is 30.6 Å². The molecule has 0 fully saturated rings. The highest BCUT2D eigenvalue weighted by Crippen LogP contribution is 1.94. The van der Waals surface area contributed by atoms with Gasteiger partial charge in [0, 0.05) is 25.9 Å². The standard InChI is InChI=1S/C10H20N6S/c1-4-11-10(12-5-6-17-3)13-7-9-15-14-8-16(9)2/h8H,4-7H2,1-3H3,(H2,11,12,13). The Kier molecular flexibility index (Phi) is 6.46. The molecule has 0 atom stereocenters. The van der Waals surface area contributed by atoms with Gasteiger partial charge in [-0.25, -0.2) is 4.99 Å². The number of aryl methyl sites for hydroxylation is 1. The first-order valence-electron chi connectivity index (χ1n) is 5.62. The van der Waals surface area contributed by atoms with E-state index in [1.165, 1.54) is 0 Å². The first-order valence-corrected chi connectivity index (χ1v) is 7.01. The molecule has 7 heteroatoms. The van der Waals surface area contributed by atoms with Crippen LogP contribution in [-0.2, 0) is 13.6 Å². The molecular weight excluding hydrogens is 236 g/mol. The predicted molar refractivity (Wildman–Crippen MR) is 72.2 cm³/mol. The van der Waals surface area contributed by atoms with Gasteiger partial charge in [0.15, 0.2) is 11.8 Å². The molecular formula is C10H20N6S. The third kappa shape index (κ3) is 5.08. The minimum Gasteiger partial charge on any atom is -0.357 e. The number of nitrogens with one attached hydrogen (secondary N) is 2. The average molecular weight is 256 g/mol. The van der Waals surface area contributed by atoms with Crippen LogP contribution in [0.2, 0.25) is 0 Å². The summed E-state index contributed by atoms with van der Waals surface area (Å²) in [6.07, 6.45) is 3.77. The molecule has 17 heavy (non-hydrogen) atoms. The summed E-state index contributed by atoms with van der Waals surface area (Å²) in [7, 11) is 1.92. The van der Waals surface area contributed by atoms with Crippen molar-refractivity contribution in [2.24, 2.45) is 12.0 Å². The molecule has 0 amide bonds. The number of hydrogen-bond acceptors (Lipinski definition) is 4. The van der Waals surface area contributed by atoms with Gasteiger partial charge in [0.05, 0.1) is 0 Å². The van der Waals surface area contributed by atoms with Crippen molar-refractivity contribution in [1.82, 2.24) is 25.4 Å². The predicted octanol–water partition coefficient (Wildman–Crippen LogP) is 0.233. The van der Waals surface area contributed by atoms with Crippen LogP contribution < -0.4 is 10.6 Å². The van der Waals surface area contributed by atoms with Crippen LogP contribution in [0.4, 0.5) is 0 Å². The lowest BCUT2D eigenvalue weighted by atomic mass is 10.6. The van der Waals surface area contributed by atoms with E-state index in [2.05, 4.69) is 32.1 Å². The van der Waals surface area contributed by atoms with Crippen LogP contribution in [0.15, 0.2) is 11.3 Å². The normalized spacial score (nSPS) is 11.6. The Hall–Kier alpha value is -1.24. The maximum absolute atomic E-state index is 4.45. The van der Waals surface area contributed by atoms with Crippen molar-refractivity contribution < 1.29 is 0 Å². The van der Waals surface area contributed by atoms with E-state index in [9.17, 15) is 0 Å². The lowest BCUT2D eigenvalue weighted by Gasteiger charge is -2.10. The number of aliphatic imine (C=N–C) groups is 1. The van der Waals surface area contributed by atoms with Crippen LogP contribution in [0.25, 0.3) is 0 Å². The largest absolute Gasteiger partial charge is 0.357 e. The third-order valence-corrected chi connectivity index (χ3v) is 2.74. The first kappa shape index (κ1) is 13.8. The zero-order valence-corrected chi connectivity index (χ0v) is 11.4. The summed E-state index contributed by atoms with van der Waals surface area (Å²) >= 11 is 1.81. The Morgan fingerprint density at radius 1 is 1.53 bits per heavy atom. The molecule has 0 spiro atoms. The van der Waals surface area contributed by atoms with Gasteiger partial charge in [0.2, 0.25) is 0 Å². The fourth-order valence-corrected chi connectivity index (χ4v) is 1.52. The summed E-state index contributed by atoms with van der Waals surface area (Å²) in [6.45, 7) is 4.34. The maximum Gasteiger partial charge on any atom is 0.191 e. The van der Waals surface area contributed by atoms with E-state index in [1.54, 1.807) is 6.33 Å². The van der Waals surface area contributed by atoms with Gasteiger partial charge in [0.25, 0.3) is 0 Å². The average Bonchev–Trinajstić information content (AvgIpc) is 2.72. The Balaban J connectivity index is 2.48. The van der Waals surface area contributed by atoms with Crippen LogP contribution in [0.3, 0.4) is 0 Å². The van der Waals surface area contributed by atoms with E-state index in [-0.39, 0.29) is 0 Å². The molecule has 1 heterocycles. The number of nitrogens with zero attached hydrogens (tertiary/aromatic N) is 4. The molecule has 1 aromatic rings. The molecule has 0 saturated carbocycles. The molecule has 0 aromatic carbocycles. The smallest absolute Gasteiger partial charge is 0.191 e. The van der Waals surface area contributed by atoms with Crippen molar-refractivity contribution in [2.75, 3.05) is 25.1 Å². The number of rotatable bonds is 6. The van der Waals surface area contributed by atoms with Gasteiger partial charge in [-0.3, -0.25) is 0 Å². The van der Waals surface area contributed by atoms with Crippen LogP contribution >= 0.6 is 11.8 Å². The van der Waals surface area contributed by atoms with E-state index < -0.39 is 0 Å². The van der Waals surface area contributed by atoms with Gasteiger partial charge in [-0.2, -0.15) is 11.8 Å². The number of aromatic nitrogens is 3. The zero-order chi connectivity index (χ0) is 12.5. The summed E-state index contributed by atoms with van der Waals surface area (Å²) in [4.78, 5) is 4.45. The van der Waals surface area contributed by atoms with Crippen LogP contribution in [0, 0.1) is 0 Å². The monoisotopic (exact) mass is 256 g/mol. The molecule has 0 aliphatic carbocycles. The van der Waals surface area contributed by atoms with Gasteiger partial charge >= 0.3 is 0 Å². The highest BCUT2D eigenvalue weighted by Gasteiger charge is 2.00. The molecule has 0 bridgehead atoms. The van der Waals surface area contributed by atoms with Crippen molar-refractivity contribution in [1.29, 1.82) is 0 Å². The lowest BCUT2D eigenvalue weighted by Crippen LogP contribution is -2.38. The number of hydrogen-bond donors (Lipinski definition) is 2. The Morgan fingerprint density at radius 2 is 2.35 bits per heavy atom. The van der Waals surface area contributed by atoms with Crippen molar-refractivity contribution in [3.05, 3.63) is 12.2 Å². The molecule has 2 N–H and O–H groups in total. The summed E-state index contributed by atoms with van der Waals surface area (Å²) in [5, 5.41) is 14.3. The molecule has 1 rings (SSSR count). The van der Waals surface area contributed by atoms with Crippen molar-refractivity contribution in [2.45, 2.75) is 13.5 Å². The minimum atomic E-state index is 0.533. The Labute approximate surface area is 106 Å². The van der Waals surface area contributed by atoms with Crippen molar-refractivity contribution >= 4 is 17.7 Å². The Bertz CT molecular complexity index is 348. The van der Waals surface area contributed by atoms with Crippen LogP contribution in [0.1, 0.15) is 12.7 Å². The molecule has 0 radical (unpaired) electrons. The van der Waals surface area contributed by atoms with E-state index >= 15 is 0 Å².